The van der Waals surface area contributed by atoms with Gasteiger partial charge in [0.05, 0.1) is 5.52 Å². The average Bonchev–Trinajstić information content (AvgIpc) is 2.60. The van der Waals surface area contributed by atoms with Crippen LogP contribution in [-0.4, -0.2) is 18.9 Å². The first-order valence-corrected chi connectivity index (χ1v) is 8.90. The second kappa shape index (κ2) is 5.57. The lowest BCUT2D eigenvalue weighted by atomic mass is 9.97. The molecule has 0 aliphatic rings. The summed E-state index contributed by atoms with van der Waals surface area (Å²) in [6.45, 7) is 0. The number of hydrogen-bond acceptors (Lipinski definition) is 4. The summed E-state index contributed by atoms with van der Waals surface area (Å²) in [7, 11) is -5.78. The Bertz CT molecular complexity index is 1230. The van der Waals surface area contributed by atoms with Crippen LogP contribution in [0, 0.1) is 0 Å². The highest BCUT2D eigenvalue weighted by molar-refractivity contribution is 7.87. The van der Waals surface area contributed by atoms with Gasteiger partial charge in [-0.3, -0.25) is 0 Å². The Labute approximate surface area is 146 Å². The summed E-state index contributed by atoms with van der Waals surface area (Å²) in [5, 5.41) is 4.07. The zero-order chi connectivity index (χ0) is 18.5. The Morgan fingerprint density at radius 1 is 0.731 bits per heavy atom. The SMILES string of the molecule is O=S(=O)(Oc1ccc2c3ccccc3c3ccccc3c2n1)C(F)(F)F. The van der Waals surface area contributed by atoms with Gasteiger partial charge in [0.15, 0.2) is 0 Å². The molecule has 0 saturated heterocycles. The molecule has 3 aromatic carbocycles. The highest BCUT2D eigenvalue weighted by atomic mass is 32.2. The van der Waals surface area contributed by atoms with Crippen LogP contribution < -0.4 is 4.18 Å². The molecule has 1 heterocycles. The molecular weight excluding hydrogens is 367 g/mol. The van der Waals surface area contributed by atoms with Gasteiger partial charge in [0.25, 0.3) is 0 Å². The minimum atomic E-state index is -5.78. The molecule has 0 fully saturated rings. The van der Waals surface area contributed by atoms with Crippen LogP contribution in [0.3, 0.4) is 0 Å². The van der Waals surface area contributed by atoms with Crippen LogP contribution in [0.15, 0.2) is 60.7 Å². The van der Waals surface area contributed by atoms with Gasteiger partial charge in [-0.2, -0.15) is 21.6 Å². The van der Waals surface area contributed by atoms with Crippen LogP contribution in [0.4, 0.5) is 13.2 Å². The van der Waals surface area contributed by atoms with Crippen LogP contribution in [0.1, 0.15) is 0 Å². The average molecular weight is 377 g/mol. The van der Waals surface area contributed by atoms with Crippen LogP contribution in [0.5, 0.6) is 5.88 Å². The predicted molar refractivity (Wildman–Crippen MR) is 92.4 cm³/mol. The zero-order valence-corrected chi connectivity index (χ0v) is 13.8. The van der Waals surface area contributed by atoms with Crippen molar-refractivity contribution < 1.29 is 25.8 Å². The number of hydrogen-bond donors (Lipinski definition) is 0. The van der Waals surface area contributed by atoms with Gasteiger partial charge in [0, 0.05) is 16.8 Å². The van der Waals surface area contributed by atoms with Gasteiger partial charge in [-0.05, 0) is 22.2 Å². The molecule has 0 aliphatic carbocycles. The number of fused-ring (bicyclic) bond motifs is 6. The second-order valence-corrected chi connectivity index (χ2v) is 7.16. The predicted octanol–water partition coefficient (Wildman–Crippen LogP) is 4.77. The van der Waals surface area contributed by atoms with E-state index in [0.29, 0.717) is 16.3 Å². The Morgan fingerprint density at radius 3 is 1.73 bits per heavy atom. The number of pyridine rings is 1. The minimum absolute atomic E-state index is 0.370. The molecule has 0 N–H and O–H groups in total. The summed E-state index contributed by atoms with van der Waals surface area (Å²) >= 11 is 0. The zero-order valence-electron chi connectivity index (χ0n) is 13.0. The molecule has 0 amide bonds. The van der Waals surface area contributed by atoms with Gasteiger partial charge in [0.2, 0.25) is 5.88 Å². The third-order valence-electron chi connectivity index (χ3n) is 4.04. The molecule has 0 bridgehead atoms. The molecule has 26 heavy (non-hydrogen) atoms. The highest BCUT2D eigenvalue weighted by Gasteiger charge is 2.48. The maximum Gasteiger partial charge on any atom is 0.534 e. The first kappa shape index (κ1) is 16.6. The first-order valence-electron chi connectivity index (χ1n) is 7.49. The largest absolute Gasteiger partial charge is 0.534 e. The lowest BCUT2D eigenvalue weighted by Crippen LogP contribution is -2.28. The molecule has 0 spiro atoms. The van der Waals surface area contributed by atoms with Crippen LogP contribution in [-0.2, 0) is 10.1 Å². The van der Waals surface area contributed by atoms with Crippen LogP contribution in [0.2, 0.25) is 0 Å². The van der Waals surface area contributed by atoms with E-state index < -0.39 is 21.5 Å². The summed E-state index contributed by atoms with van der Waals surface area (Å²) in [6, 6.07) is 17.4. The standard InChI is InChI=1S/C18H10F3NO3S/c19-18(20,21)26(23,24)25-16-10-9-15-13-7-2-1-5-11(13)12-6-3-4-8-14(12)17(15)22-16/h1-10H. The van der Waals surface area contributed by atoms with Gasteiger partial charge in [-0.15, -0.1) is 0 Å². The van der Waals surface area contributed by atoms with Crippen molar-refractivity contribution in [3.63, 3.8) is 0 Å². The Balaban J connectivity index is 2.03. The lowest BCUT2D eigenvalue weighted by molar-refractivity contribution is -0.0501. The van der Waals surface area contributed by atoms with Gasteiger partial charge in [-0.1, -0.05) is 48.5 Å². The Morgan fingerprint density at radius 2 is 1.19 bits per heavy atom. The van der Waals surface area contributed by atoms with Crippen molar-refractivity contribution in [2.75, 3.05) is 0 Å². The maximum absolute atomic E-state index is 12.6. The van der Waals surface area contributed by atoms with Crippen LogP contribution in [0.25, 0.3) is 32.4 Å². The third-order valence-corrected chi connectivity index (χ3v) is 4.99. The van der Waals surface area contributed by atoms with E-state index in [4.69, 9.17) is 0 Å². The molecule has 0 saturated carbocycles. The normalized spacial score (nSPS) is 12.7. The number of alkyl halides is 3. The van der Waals surface area contributed by atoms with Crippen molar-refractivity contribution in [1.29, 1.82) is 0 Å². The molecule has 8 heteroatoms. The Kier molecular flexibility index (Phi) is 3.55. The Hall–Kier alpha value is -2.87. The highest BCUT2D eigenvalue weighted by Crippen LogP contribution is 2.35. The maximum atomic E-state index is 12.6. The monoisotopic (exact) mass is 377 g/mol. The minimum Gasteiger partial charge on any atom is -0.355 e. The molecule has 0 atom stereocenters. The van der Waals surface area contributed by atoms with Crippen LogP contribution >= 0.6 is 0 Å². The molecule has 132 valence electrons. The molecule has 4 nitrogen and oxygen atoms in total. The number of benzene rings is 3. The van der Waals surface area contributed by atoms with Crippen molar-refractivity contribution >= 4 is 42.6 Å². The topological polar surface area (TPSA) is 56.3 Å². The van der Waals surface area contributed by atoms with E-state index in [9.17, 15) is 21.6 Å². The third kappa shape index (κ3) is 2.53. The van der Waals surface area contributed by atoms with Crippen molar-refractivity contribution in [1.82, 2.24) is 4.98 Å². The van der Waals surface area contributed by atoms with E-state index >= 15 is 0 Å². The molecule has 4 aromatic rings. The van der Waals surface area contributed by atoms with E-state index in [1.165, 1.54) is 6.07 Å². The van der Waals surface area contributed by atoms with Gasteiger partial charge < -0.3 is 4.18 Å². The number of nitrogens with zero attached hydrogens (tertiary/aromatic N) is 1. The number of halogens is 3. The van der Waals surface area contributed by atoms with Crippen molar-refractivity contribution in [3.8, 4) is 5.88 Å². The number of aromatic nitrogens is 1. The summed E-state index contributed by atoms with van der Waals surface area (Å²) in [6.07, 6.45) is 0. The summed E-state index contributed by atoms with van der Waals surface area (Å²) in [4.78, 5) is 4.05. The summed E-state index contributed by atoms with van der Waals surface area (Å²) in [5.74, 6) is -0.629. The van der Waals surface area contributed by atoms with E-state index in [0.717, 1.165) is 22.2 Å². The van der Waals surface area contributed by atoms with Crippen molar-refractivity contribution in [2.24, 2.45) is 0 Å². The quantitative estimate of drug-likeness (QED) is 0.287. The fraction of sp³-hybridized carbons (Fsp3) is 0.0556. The number of rotatable bonds is 2. The molecule has 0 aliphatic heterocycles. The molecule has 1 aromatic heterocycles. The molecule has 0 radical (unpaired) electrons. The lowest BCUT2D eigenvalue weighted by Gasteiger charge is -2.12. The van der Waals surface area contributed by atoms with E-state index in [-0.39, 0.29) is 0 Å². The molecule has 4 rings (SSSR count). The fourth-order valence-electron chi connectivity index (χ4n) is 2.95. The van der Waals surface area contributed by atoms with E-state index in [2.05, 4.69) is 9.17 Å². The first-order chi connectivity index (χ1) is 12.3. The summed E-state index contributed by atoms with van der Waals surface area (Å²) in [5.41, 5.74) is -5.15. The van der Waals surface area contributed by atoms with Gasteiger partial charge >= 0.3 is 15.6 Å². The van der Waals surface area contributed by atoms with Crippen molar-refractivity contribution in [3.05, 3.63) is 60.7 Å². The smallest absolute Gasteiger partial charge is 0.355 e. The van der Waals surface area contributed by atoms with Gasteiger partial charge in [-0.25, -0.2) is 4.98 Å². The fourth-order valence-corrected chi connectivity index (χ4v) is 3.36. The van der Waals surface area contributed by atoms with E-state index in [1.54, 1.807) is 12.1 Å². The van der Waals surface area contributed by atoms with E-state index in [1.807, 2.05) is 36.4 Å². The molecule has 0 unspecified atom stereocenters. The van der Waals surface area contributed by atoms with Crippen molar-refractivity contribution in [2.45, 2.75) is 5.51 Å². The molecular formula is C18H10F3NO3S. The van der Waals surface area contributed by atoms with Gasteiger partial charge in [0.1, 0.15) is 0 Å². The summed E-state index contributed by atoms with van der Waals surface area (Å²) < 4.78 is 64.3. The second-order valence-electron chi connectivity index (χ2n) is 5.62.